The molecule has 0 N–H and O–H groups in total. The molecule has 26 heavy (non-hydrogen) atoms. The molecule has 2 aromatic carbocycles. The zero-order valence-electron chi connectivity index (χ0n) is 15.9. The van der Waals surface area contributed by atoms with E-state index in [1.54, 1.807) is 0 Å². The lowest BCUT2D eigenvalue weighted by Crippen LogP contribution is -2.50. The zero-order chi connectivity index (χ0) is 18.2. The molecular formula is C24H28N2. The molecule has 0 bridgehead atoms. The summed E-state index contributed by atoms with van der Waals surface area (Å²) in [6, 6.07) is 22.7. The van der Waals surface area contributed by atoms with Crippen LogP contribution in [0.15, 0.2) is 54.6 Å². The van der Waals surface area contributed by atoms with E-state index in [0.29, 0.717) is 17.9 Å². The molecule has 2 heteroatoms. The Kier molecular flexibility index (Phi) is 4.27. The summed E-state index contributed by atoms with van der Waals surface area (Å²) < 4.78 is 0. The van der Waals surface area contributed by atoms with Gasteiger partial charge in [0.15, 0.2) is 0 Å². The molecule has 1 fully saturated rings. The van der Waals surface area contributed by atoms with Crippen LogP contribution < -0.4 is 4.90 Å². The van der Waals surface area contributed by atoms with Crippen LogP contribution in [0.5, 0.6) is 0 Å². The largest absolute Gasteiger partial charge is 0.363 e. The van der Waals surface area contributed by atoms with Crippen molar-refractivity contribution in [2.24, 2.45) is 5.41 Å². The summed E-state index contributed by atoms with van der Waals surface area (Å²) in [6.45, 7) is 5.76. The highest BCUT2D eigenvalue weighted by molar-refractivity contribution is 5.65. The molecule has 0 radical (unpaired) electrons. The van der Waals surface area contributed by atoms with Crippen molar-refractivity contribution in [2.45, 2.75) is 64.0 Å². The third-order valence-electron chi connectivity index (χ3n) is 6.53. The van der Waals surface area contributed by atoms with Crippen LogP contribution >= 0.6 is 0 Å². The van der Waals surface area contributed by atoms with Crippen molar-refractivity contribution in [3.05, 3.63) is 65.7 Å². The minimum Gasteiger partial charge on any atom is -0.363 e. The highest BCUT2D eigenvalue weighted by atomic mass is 15.2. The molecule has 0 aromatic heterocycles. The molecular weight excluding hydrogens is 316 g/mol. The maximum absolute atomic E-state index is 9.33. The van der Waals surface area contributed by atoms with Crippen molar-refractivity contribution in [3.8, 4) is 6.07 Å². The molecule has 4 rings (SSSR count). The lowest BCUT2D eigenvalue weighted by molar-refractivity contribution is 0.122. The van der Waals surface area contributed by atoms with Gasteiger partial charge in [0, 0.05) is 30.1 Å². The van der Waals surface area contributed by atoms with Gasteiger partial charge in [-0.25, -0.2) is 0 Å². The minimum absolute atomic E-state index is 0.114. The third-order valence-corrected chi connectivity index (χ3v) is 6.53. The Bertz CT molecular complexity index is 818. The number of nitrogens with zero attached hydrogens (tertiary/aromatic N) is 2. The topological polar surface area (TPSA) is 27.0 Å². The Morgan fingerprint density at radius 3 is 2.58 bits per heavy atom. The summed E-state index contributed by atoms with van der Waals surface area (Å²) in [5, 5.41) is 9.33. The van der Waals surface area contributed by atoms with Gasteiger partial charge in [-0.05, 0) is 48.3 Å². The van der Waals surface area contributed by atoms with E-state index in [-0.39, 0.29) is 5.41 Å². The third kappa shape index (κ3) is 2.80. The first-order chi connectivity index (χ1) is 12.6. The van der Waals surface area contributed by atoms with E-state index in [2.05, 4.69) is 79.4 Å². The number of benzene rings is 2. The minimum atomic E-state index is 0.114. The van der Waals surface area contributed by atoms with Crippen LogP contribution in [0.1, 0.15) is 57.1 Å². The molecule has 2 aliphatic rings. The highest BCUT2D eigenvalue weighted by Gasteiger charge is 2.54. The second-order valence-corrected chi connectivity index (χ2v) is 8.84. The number of anilines is 1. The SMILES string of the molecule is CC1(C)CC[C@H]2N(Cc3ccccc3)c3ccccc3[C@@]2(CCC#N)C1. The standard InChI is InChI=1S/C24H28N2/c1-23(2)15-13-22-24(18-23,14-8-16-25)20-11-6-7-12-21(20)26(22)17-19-9-4-3-5-10-19/h3-7,9-12,22H,8,13-15,17-18H2,1-2H3/t22-,24-/m1/s1. The lowest BCUT2D eigenvalue weighted by atomic mass is 9.58. The molecule has 1 aliphatic carbocycles. The van der Waals surface area contributed by atoms with Crippen LogP contribution in [0.4, 0.5) is 5.69 Å². The molecule has 0 unspecified atom stereocenters. The van der Waals surface area contributed by atoms with Crippen molar-refractivity contribution in [1.82, 2.24) is 0 Å². The fourth-order valence-electron chi connectivity index (χ4n) is 5.55. The van der Waals surface area contributed by atoms with Crippen LogP contribution in [-0.2, 0) is 12.0 Å². The van der Waals surface area contributed by atoms with Crippen molar-refractivity contribution >= 4 is 5.69 Å². The summed E-state index contributed by atoms with van der Waals surface area (Å²) >= 11 is 0. The van der Waals surface area contributed by atoms with Crippen LogP contribution in [0.3, 0.4) is 0 Å². The molecule has 1 aliphatic heterocycles. The Balaban J connectivity index is 1.79. The van der Waals surface area contributed by atoms with Gasteiger partial charge in [-0.3, -0.25) is 0 Å². The molecule has 0 amide bonds. The van der Waals surface area contributed by atoms with Crippen molar-refractivity contribution < 1.29 is 0 Å². The number of para-hydroxylation sites is 1. The van der Waals surface area contributed by atoms with Crippen LogP contribution in [-0.4, -0.2) is 6.04 Å². The second-order valence-electron chi connectivity index (χ2n) is 8.84. The Hall–Kier alpha value is -2.27. The quantitative estimate of drug-likeness (QED) is 0.698. The number of nitriles is 1. The average molecular weight is 345 g/mol. The molecule has 0 spiro atoms. The molecule has 134 valence electrons. The first-order valence-electron chi connectivity index (χ1n) is 9.83. The van der Waals surface area contributed by atoms with Gasteiger partial charge in [-0.2, -0.15) is 5.26 Å². The van der Waals surface area contributed by atoms with E-state index < -0.39 is 0 Å². The molecule has 0 saturated heterocycles. The zero-order valence-corrected chi connectivity index (χ0v) is 15.9. The Labute approximate surface area is 157 Å². The average Bonchev–Trinajstić information content (AvgIpc) is 2.90. The van der Waals surface area contributed by atoms with Gasteiger partial charge < -0.3 is 4.90 Å². The number of rotatable bonds is 4. The van der Waals surface area contributed by atoms with Gasteiger partial charge in [-0.1, -0.05) is 62.4 Å². The first kappa shape index (κ1) is 17.2. The van der Waals surface area contributed by atoms with Crippen molar-refractivity contribution in [3.63, 3.8) is 0 Å². The second kappa shape index (κ2) is 6.47. The molecule has 1 heterocycles. The summed E-state index contributed by atoms with van der Waals surface area (Å²) in [6.07, 6.45) is 5.25. The van der Waals surface area contributed by atoms with E-state index in [1.807, 2.05) is 0 Å². The Morgan fingerprint density at radius 2 is 1.81 bits per heavy atom. The van der Waals surface area contributed by atoms with Crippen LogP contribution in [0.2, 0.25) is 0 Å². The summed E-state index contributed by atoms with van der Waals surface area (Å²) in [5.74, 6) is 0. The van der Waals surface area contributed by atoms with E-state index in [9.17, 15) is 5.26 Å². The lowest BCUT2D eigenvalue weighted by Gasteiger charge is -2.49. The number of fused-ring (bicyclic) bond motifs is 3. The van der Waals surface area contributed by atoms with Crippen molar-refractivity contribution in [2.75, 3.05) is 4.90 Å². The predicted octanol–water partition coefficient (Wildman–Crippen LogP) is 5.83. The number of hydrogen-bond donors (Lipinski definition) is 0. The van der Waals surface area contributed by atoms with E-state index >= 15 is 0 Å². The van der Waals surface area contributed by atoms with E-state index in [4.69, 9.17) is 0 Å². The van der Waals surface area contributed by atoms with Crippen molar-refractivity contribution in [1.29, 1.82) is 5.26 Å². The predicted molar refractivity (Wildman–Crippen MR) is 107 cm³/mol. The van der Waals surface area contributed by atoms with Gasteiger partial charge in [0.2, 0.25) is 0 Å². The van der Waals surface area contributed by atoms with Crippen LogP contribution in [0.25, 0.3) is 0 Å². The first-order valence-corrected chi connectivity index (χ1v) is 9.83. The summed E-state index contributed by atoms with van der Waals surface area (Å²) in [7, 11) is 0. The maximum atomic E-state index is 9.33. The fourth-order valence-corrected chi connectivity index (χ4v) is 5.55. The van der Waals surface area contributed by atoms with Gasteiger partial charge in [0.25, 0.3) is 0 Å². The normalized spacial score (nSPS) is 26.0. The van der Waals surface area contributed by atoms with E-state index in [1.165, 1.54) is 36.1 Å². The maximum Gasteiger partial charge on any atom is 0.0622 e. The number of hydrogen-bond acceptors (Lipinski definition) is 2. The van der Waals surface area contributed by atoms with Gasteiger partial charge in [-0.15, -0.1) is 0 Å². The van der Waals surface area contributed by atoms with E-state index in [0.717, 1.165) is 13.0 Å². The van der Waals surface area contributed by atoms with Gasteiger partial charge >= 0.3 is 0 Å². The molecule has 2 atom stereocenters. The monoisotopic (exact) mass is 344 g/mol. The smallest absolute Gasteiger partial charge is 0.0622 e. The van der Waals surface area contributed by atoms with Gasteiger partial charge in [0.1, 0.15) is 0 Å². The summed E-state index contributed by atoms with van der Waals surface area (Å²) in [5.41, 5.74) is 4.68. The summed E-state index contributed by atoms with van der Waals surface area (Å²) in [4.78, 5) is 2.64. The Morgan fingerprint density at radius 1 is 1.08 bits per heavy atom. The molecule has 1 saturated carbocycles. The van der Waals surface area contributed by atoms with Crippen LogP contribution in [0, 0.1) is 16.7 Å². The van der Waals surface area contributed by atoms with Gasteiger partial charge in [0.05, 0.1) is 6.07 Å². The molecule has 2 nitrogen and oxygen atoms in total. The fraction of sp³-hybridized carbons (Fsp3) is 0.458. The molecule has 2 aromatic rings. The highest BCUT2D eigenvalue weighted by Crippen LogP contribution is 2.58.